The molecule has 4 heterocycles. The van der Waals surface area contributed by atoms with E-state index in [9.17, 15) is 9.18 Å². The fourth-order valence-corrected chi connectivity index (χ4v) is 3.66. The first-order valence-electron chi connectivity index (χ1n) is 10.3. The third-order valence-corrected chi connectivity index (χ3v) is 5.15. The Morgan fingerprint density at radius 1 is 1.45 bits per heavy atom. The highest BCUT2D eigenvalue weighted by Gasteiger charge is 2.32. The van der Waals surface area contributed by atoms with Crippen molar-refractivity contribution in [3.8, 4) is 0 Å². The van der Waals surface area contributed by atoms with E-state index in [1.54, 1.807) is 24.3 Å². The predicted octanol–water partition coefficient (Wildman–Crippen LogP) is 2.60. The van der Waals surface area contributed by atoms with Crippen molar-refractivity contribution in [2.75, 3.05) is 18.3 Å². The maximum Gasteiger partial charge on any atom is 0.343 e. The minimum Gasteiger partial charge on any atom is -0.462 e. The number of anilines is 1. The molecular weight excluding hydrogens is 403 g/mol. The Labute approximate surface area is 178 Å². The molecule has 1 saturated heterocycles. The normalized spacial score (nSPS) is 17.3. The molecule has 2 atom stereocenters. The van der Waals surface area contributed by atoms with Crippen molar-refractivity contribution in [2.24, 2.45) is 5.73 Å². The number of hydrogen-bond donors (Lipinski definition) is 1. The summed E-state index contributed by atoms with van der Waals surface area (Å²) < 4.78 is 20.7. The zero-order valence-corrected chi connectivity index (χ0v) is 17.5. The molecule has 164 valence electrons. The lowest BCUT2D eigenvalue weighted by Gasteiger charge is -2.25. The number of esters is 1. The molecule has 1 aliphatic heterocycles. The number of aryl methyl sites for hydroxylation is 1. The smallest absolute Gasteiger partial charge is 0.343 e. The van der Waals surface area contributed by atoms with Crippen LogP contribution in [0.25, 0.3) is 5.65 Å². The third-order valence-electron chi connectivity index (χ3n) is 5.15. The number of hydrogen-bond acceptors (Lipinski definition) is 8. The van der Waals surface area contributed by atoms with E-state index in [0.29, 0.717) is 30.9 Å². The van der Waals surface area contributed by atoms with E-state index in [4.69, 9.17) is 15.3 Å². The maximum atomic E-state index is 14.1. The predicted molar refractivity (Wildman–Crippen MR) is 111 cm³/mol. The van der Waals surface area contributed by atoms with Crippen molar-refractivity contribution in [3.63, 3.8) is 0 Å². The van der Waals surface area contributed by atoms with Gasteiger partial charge in [0, 0.05) is 36.0 Å². The van der Waals surface area contributed by atoms with E-state index in [0.717, 1.165) is 17.7 Å². The van der Waals surface area contributed by atoms with Crippen LogP contribution in [0.1, 0.15) is 54.3 Å². The molecule has 3 aromatic rings. The van der Waals surface area contributed by atoms with Crippen LogP contribution in [-0.4, -0.2) is 44.8 Å². The van der Waals surface area contributed by atoms with Crippen LogP contribution in [0.5, 0.6) is 0 Å². The molecule has 1 fully saturated rings. The zero-order chi connectivity index (χ0) is 22.0. The second-order valence-electron chi connectivity index (χ2n) is 7.50. The fourth-order valence-electron chi connectivity index (χ4n) is 3.66. The molecule has 0 bridgehead atoms. The first-order valence-corrected chi connectivity index (χ1v) is 10.3. The van der Waals surface area contributed by atoms with E-state index in [1.165, 1.54) is 23.0 Å². The van der Waals surface area contributed by atoms with Crippen LogP contribution in [0, 0.1) is 5.82 Å². The molecule has 0 aliphatic carbocycles. The summed E-state index contributed by atoms with van der Waals surface area (Å²) in [5, 5.41) is 5.80. The molecule has 10 heteroatoms. The van der Waals surface area contributed by atoms with Crippen LogP contribution in [0.4, 0.5) is 10.2 Å². The molecule has 0 saturated carbocycles. The molecular formula is C21H25FN6O3. The minimum absolute atomic E-state index is 0.0165. The van der Waals surface area contributed by atoms with E-state index >= 15 is 0 Å². The van der Waals surface area contributed by atoms with Gasteiger partial charge in [0.2, 0.25) is 0 Å². The lowest BCUT2D eigenvalue weighted by atomic mass is 9.98. The fraction of sp³-hybridized carbons (Fsp3) is 0.429. The van der Waals surface area contributed by atoms with Gasteiger partial charge in [0.1, 0.15) is 11.4 Å². The van der Waals surface area contributed by atoms with Gasteiger partial charge in [-0.15, -0.1) is 0 Å². The Morgan fingerprint density at radius 2 is 2.29 bits per heavy atom. The highest BCUT2D eigenvalue weighted by molar-refractivity contribution is 5.95. The number of nitrogens with two attached hydrogens (primary N) is 1. The number of rotatable bonds is 7. The lowest BCUT2D eigenvalue weighted by molar-refractivity contribution is 0.0528. The van der Waals surface area contributed by atoms with Gasteiger partial charge >= 0.3 is 5.97 Å². The first-order chi connectivity index (χ1) is 15.0. The SMILES string of the molecule is CCOC(=O)c1cnn2ccc(N3OCCC3c3cc(F)cnc3CCC(C)N)nc12. The Kier molecular flexibility index (Phi) is 6.10. The highest BCUT2D eigenvalue weighted by Crippen LogP contribution is 2.36. The summed E-state index contributed by atoms with van der Waals surface area (Å²) >= 11 is 0. The van der Waals surface area contributed by atoms with Crippen molar-refractivity contribution >= 4 is 17.4 Å². The van der Waals surface area contributed by atoms with Gasteiger partial charge in [-0.2, -0.15) is 5.10 Å². The van der Waals surface area contributed by atoms with Gasteiger partial charge in [0.15, 0.2) is 11.5 Å². The summed E-state index contributed by atoms with van der Waals surface area (Å²) in [6.45, 7) is 4.37. The van der Waals surface area contributed by atoms with Crippen LogP contribution in [0.2, 0.25) is 0 Å². The van der Waals surface area contributed by atoms with Crippen molar-refractivity contribution in [2.45, 2.75) is 45.2 Å². The Bertz CT molecular complexity index is 1090. The second-order valence-corrected chi connectivity index (χ2v) is 7.50. The van der Waals surface area contributed by atoms with E-state index in [1.807, 2.05) is 6.92 Å². The summed E-state index contributed by atoms with van der Waals surface area (Å²) in [5.41, 5.74) is 8.07. The molecule has 0 aromatic carbocycles. The van der Waals surface area contributed by atoms with Gasteiger partial charge < -0.3 is 10.5 Å². The Morgan fingerprint density at radius 3 is 3.06 bits per heavy atom. The Balaban J connectivity index is 1.69. The molecule has 4 rings (SSSR count). The first kappa shape index (κ1) is 21.1. The maximum absolute atomic E-state index is 14.1. The van der Waals surface area contributed by atoms with Crippen LogP contribution < -0.4 is 10.8 Å². The number of carbonyl (C=O) groups is 1. The average molecular weight is 428 g/mol. The number of carbonyl (C=O) groups excluding carboxylic acids is 1. The van der Waals surface area contributed by atoms with Gasteiger partial charge in [-0.1, -0.05) is 0 Å². The third kappa shape index (κ3) is 4.35. The molecule has 2 N–H and O–H groups in total. The van der Waals surface area contributed by atoms with Crippen LogP contribution in [0.15, 0.2) is 30.7 Å². The van der Waals surface area contributed by atoms with Gasteiger partial charge in [-0.3, -0.25) is 9.82 Å². The average Bonchev–Trinajstić information content (AvgIpc) is 3.39. The molecule has 31 heavy (non-hydrogen) atoms. The molecule has 0 radical (unpaired) electrons. The minimum atomic E-state index is -0.492. The summed E-state index contributed by atoms with van der Waals surface area (Å²) in [6, 6.07) is 2.98. The number of nitrogens with zero attached hydrogens (tertiary/aromatic N) is 5. The Hall–Kier alpha value is -3.11. The highest BCUT2D eigenvalue weighted by atomic mass is 19.1. The van der Waals surface area contributed by atoms with Crippen LogP contribution in [-0.2, 0) is 16.0 Å². The molecule has 0 spiro atoms. The molecule has 0 amide bonds. The zero-order valence-electron chi connectivity index (χ0n) is 17.5. The summed E-state index contributed by atoms with van der Waals surface area (Å²) in [5.74, 6) is -0.410. The van der Waals surface area contributed by atoms with Gasteiger partial charge in [-0.25, -0.2) is 23.7 Å². The summed E-state index contributed by atoms with van der Waals surface area (Å²) in [6.07, 6.45) is 6.37. The van der Waals surface area contributed by atoms with E-state index in [-0.39, 0.29) is 24.3 Å². The number of halogens is 1. The number of fused-ring (bicyclic) bond motifs is 1. The summed E-state index contributed by atoms with van der Waals surface area (Å²) in [4.78, 5) is 27.0. The van der Waals surface area contributed by atoms with Crippen LogP contribution in [0.3, 0.4) is 0 Å². The molecule has 1 aliphatic rings. The molecule has 9 nitrogen and oxygen atoms in total. The van der Waals surface area contributed by atoms with Crippen molar-refractivity contribution < 1.29 is 18.8 Å². The lowest BCUT2D eigenvalue weighted by Crippen LogP contribution is -2.24. The van der Waals surface area contributed by atoms with Crippen molar-refractivity contribution in [3.05, 3.63) is 53.4 Å². The van der Waals surface area contributed by atoms with Crippen LogP contribution >= 0.6 is 0 Å². The topological polar surface area (TPSA) is 108 Å². The number of ether oxygens (including phenoxy) is 1. The quantitative estimate of drug-likeness (QED) is 0.572. The molecule has 2 unspecified atom stereocenters. The van der Waals surface area contributed by atoms with Crippen molar-refractivity contribution in [1.82, 2.24) is 19.6 Å². The molecule has 3 aromatic heterocycles. The van der Waals surface area contributed by atoms with Gasteiger partial charge in [0.25, 0.3) is 0 Å². The van der Waals surface area contributed by atoms with E-state index in [2.05, 4.69) is 15.1 Å². The number of aromatic nitrogens is 4. The monoisotopic (exact) mass is 428 g/mol. The number of hydroxylamine groups is 1. The number of pyridine rings is 1. The van der Waals surface area contributed by atoms with Crippen molar-refractivity contribution in [1.29, 1.82) is 0 Å². The van der Waals surface area contributed by atoms with Gasteiger partial charge in [-0.05, 0) is 32.8 Å². The second kappa shape index (κ2) is 8.94. The largest absolute Gasteiger partial charge is 0.462 e. The standard InChI is InChI=1S/C21H25FN6O3/c1-3-30-21(29)16-12-25-27-8-6-19(26-20(16)27)28-18(7-9-31-28)15-10-14(22)11-24-17(15)5-4-13(2)23/h6,8,10-13,18H,3-5,7,9,23H2,1-2H3. The van der Waals surface area contributed by atoms with Gasteiger partial charge in [0.05, 0.1) is 31.6 Å². The van der Waals surface area contributed by atoms with E-state index < -0.39 is 11.8 Å². The summed E-state index contributed by atoms with van der Waals surface area (Å²) in [7, 11) is 0.